The number of carbonyl (C=O) groups excluding carboxylic acids is 2. The minimum atomic E-state index is -1.000. The van der Waals surface area contributed by atoms with Gasteiger partial charge in [0.2, 0.25) is 11.9 Å². The van der Waals surface area contributed by atoms with E-state index in [2.05, 4.69) is 20.1 Å². The van der Waals surface area contributed by atoms with Gasteiger partial charge in [-0.25, -0.2) is 9.98 Å². The Kier molecular flexibility index (Phi) is 6.16. The molecular formula is C23H27N5O3. The van der Waals surface area contributed by atoms with Gasteiger partial charge in [0.1, 0.15) is 11.9 Å². The molecule has 1 amide bonds. The Morgan fingerprint density at radius 3 is 2.58 bits per heavy atom. The Morgan fingerprint density at radius 2 is 1.90 bits per heavy atom. The van der Waals surface area contributed by atoms with E-state index in [4.69, 9.17) is 9.73 Å². The molecule has 1 N–H and O–H groups in total. The van der Waals surface area contributed by atoms with E-state index < -0.39 is 17.9 Å². The van der Waals surface area contributed by atoms with Crippen LogP contribution in [0, 0.1) is 12.8 Å². The zero-order valence-electron chi connectivity index (χ0n) is 17.8. The molecule has 4 rings (SSSR count). The molecule has 0 aliphatic carbocycles. The molecule has 1 saturated heterocycles. The summed E-state index contributed by atoms with van der Waals surface area (Å²) in [6.07, 6.45) is 1.79. The average molecular weight is 422 g/mol. The zero-order valence-corrected chi connectivity index (χ0v) is 17.8. The highest BCUT2D eigenvalue weighted by Crippen LogP contribution is 2.31. The molecule has 1 aromatic carbocycles. The monoisotopic (exact) mass is 421 g/mol. The summed E-state index contributed by atoms with van der Waals surface area (Å²) in [7, 11) is 0. The Balaban J connectivity index is 1.57. The van der Waals surface area contributed by atoms with Crippen LogP contribution in [0.3, 0.4) is 0 Å². The van der Waals surface area contributed by atoms with Gasteiger partial charge in [-0.15, -0.1) is 0 Å². The van der Waals surface area contributed by atoms with E-state index in [-0.39, 0.29) is 12.5 Å². The van der Waals surface area contributed by atoms with Crippen molar-refractivity contribution in [3.05, 3.63) is 59.8 Å². The lowest BCUT2D eigenvalue weighted by Gasteiger charge is -2.39. The fourth-order valence-electron chi connectivity index (χ4n) is 4.01. The molecule has 8 heteroatoms. The number of benzene rings is 1. The van der Waals surface area contributed by atoms with Crippen molar-refractivity contribution in [3.8, 4) is 0 Å². The van der Waals surface area contributed by atoms with Gasteiger partial charge in [0.15, 0.2) is 5.92 Å². The summed E-state index contributed by atoms with van der Waals surface area (Å²) >= 11 is 0. The predicted molar refractivity (Wildman–Crippen MR) is 118 cm³/mol. The van der Waals surface area contributed by atoms with Crippen molar-refractivity contribution in [2.24, 2.45) is 10.9 Å². The first-order valence-electron chi connectivity index (χ1n) is 10.6. The molecular weight excluding hydrogens is 394 g/mol. The van der Waals surface area contributed by atoms with Gasteiger partial charge < -0.3 is 14.5 Å². The highest BCUT2D eigenvalue weighted by atomic mass is 16.5. The first kappa shape index (κ1) is 20.8. The van der Waals surface area contributed by atoms with Gasteiger partial charge in [-0.2, -0.15) is 0 Å². The number of nitrogens with one attached hydrogen (secondary N) is 1. The normalized spacial score (nSPS) is 21.4. The van der Waals surface area contributed by atoms with E-state index in [1.807, 2.05) is 49.4 Å². The number of ether oxygens (including phenoxy) is 1. The fraction of sp³-hybridized carbons (Fsp3) is 0.391. The molecule has 0 bridgehead atoms. The van der Waals surface area contributed by atoms with Crippen molar-refractivity contribution in [2.45, 2.75) is 19.9 Å². The summed E-state index contributed by atoms with van der Waals surface area (Å²) in [6, 6.07) is 13.0. The second-order valence-electron chi connectivity index (χ2n) is 7.69. The van der Waals surface area contributed by atoms with Crippen molar-refractivity contribution < 1.29 is 14.3 Å². The molecule has 0 radical (unpaired) electrons. The molecule has 8 nitrogen and oxygen atoms in total. The van der Waals surface area contributed by atoms with Crippen LogP contribution >= 0.6 is 0 Å². The van der Waals surface area contributed by atoms with Gasteiger partial charge in [0.25, 0.3) is 0 Å². The Labute approximate surface area is 181 Å². The number of amides is 1. The number of guanidine groups is 1. The lowest BCUT2D eigenvalue weighted by molar-refractivity contribution is -0.153. The number of hydrogen-bond acceptors (Lipinski definition) is 7. The number of aliphatic imine (C=N–C) groups is 1. The molecule has 162 valence electrons. The van der Waals surface area contributed by atoms with E-state index in [9.17, 15) is 9.59 Å². The number of carbonyl (C=O) groups is 2. The summed E-state index contributed by atoms with van der Waals surface area (Å²) in [5.74, 6) is -0.466. The summed E-state index contributed by atoms with van der Waals surface area (Å²) in [5, 5.41) is 2.85. The number of piperazine rings is 1. The van der Waals surface area contributed by atoms with E-state index in [0.717, 1.165) is 30.0 Å². The van der Waals surface area contributed by atoms with Gasteiger partial charge in [-0.05, 0) is 31.5 Å². The highest BCUT2D eigenvalue weighted by Gasteiger charge is 2.42. The van der Waals surface area contributed by atoms with E-state index >= 15 is 0 Å². The van der Waals surface area contributed by atoms with Crippen LogP contribution < -0.4 is 10.2 Å². The Bertz CT molecular complexity index is 970. The molecule has 1 aromatic heterocycles. The van der Waals surface area contributed by atoms with Crippen LogP contribution in [0.5, 0.6) is 0 Å². The molecule has 2 aliphatic rings. The van der Waals surface area contributed by atoms with Crippen molar-refractivity contribution in [2.75, 3.05) is 37.7 Å². The van der Waals surface area contributed by atoms with Gasteiger partial charge in [0, 0.05) is 32.4 Å². The third-order valence-corrected chi connectivity index (χ3v) is 5.57. The topological polar surface area (TPSA) is 87.1 Å². The first-order valence-corrected chi connectivity index (χ1v) is 10.6. The van der Waals surface area contributed by atoms with Crippen molar-refractivity contribution in [3.63, 3.8) is 0 Å². The molecule has 3 heterocycles. The summed E-state index contributed by atoms with van der Waals surface area (Å²) in [5.41, 5.74) is 1.88. The molecule has 0 unspecified atom stereocenters. The molecule has 2 atom stereocenters. The number of aromatic nitrogens is 1. The third kappa shape index (κ3) is 4.52. The van der Waals surface area contributed by atoms with Crippen LogP contribution in [-0.4, -0.2) is 60.5 Å². The van der Waals surface area contributed by atoms with E-state index in [1.54, 1.807) is 13.1 Å². The maximum atomic E-state index is 13.0. The number of rotatable bonds is 4. The number of nitrogens with zero attached hydrogens (tertiary/aromatic N) is 4. The standard InChI is InChI=1S/C23H27N5O3/c1-3-31-22(30)19-20(17-8-6-7-16(2)15-17)25-23(26-21(19)29)28-13-11-27(12-14-28)18-9-4-5-10-24-18/h4-10,15,19-20H,3,11-14H2,1-2H3,(H,25,26,29)/t19-,20-/m1/s1. The minimum absolute atomic E-state index is 0.217. The van der Waals surface area contributed by atoms with Crippen LogP contribution in [0.4, 0.5) is 5.82 Å². The lowest BCUT2D eigenvalue weighted by Crippen LogP contribution is -2.57. The van der Waals surface area contributed by atoms with Crippen LogP contribution in [0.25, 0.3) is 0 Å². The molecule has 0 saturated carbocycles. The molecule has 0 spiro atoms. The predicted octanol–water partition coefficient (Wildman–Crippen LogP) is 1.92. The van der Waals surface area contributed by atoms with Gasteiger partial charge in [-0.1, -0.05) is 35.9 Å². The molecule has 1 fully saturated rings. The second kappa shape index (κ2) is 9.16. The van der Waals surface area contributed by atoms with Crippen molar-refractivity contribution in [1.29, 1.82) is 0 Å². The van der Waals surface area contributed by atoms with E-state index in [1.165, 1.54) is 0 Å². The number of esters is 1. The van der Waals surface area contributed by atoms with Crippen molar-refractivity contribution >= 4 is 23.7 Å². The Morgan fingerprint density at radius 1 is 1.13 bits per heavy atom. The number of anilines is 1. The highest BCUT2D eigenvalue weighted by molar-refractivity contribution is 6.08. The molecule has 2 aliphatic heterocycles. The SMILES string of the molecule is CCOC(=O)[C@H]1C(=O)NC(N2CCN(c3ccccn3)CC2)=N[C@@H]1c1cccc(C)c1. The van der Waals surface area contributed by atoms with Gasteiger partial charge >= 0.3 is 5.97 Å². The second-order valence-corrected chi connectivity index (χ2v) is 7.69. The summed E-state index contributed by atoms with van der Waals surface area (Å²) in [4.78, 5) is 39.1. The number of pyridine rings is 1. The first-order chi connectivity index (χ1) is 15.1. The maximum absolute atomic E-state index is 13.0. The van der Waals surface area contributed by atoms with Crippen LogP contribution in [0.1, 0.15) is 24.1 Å². The summed E-state index contributed by atoms with van der Waals surface area (Å²) in [6.45, 7) is 6.85. The lowest BCUT2D eigenvalue weighted by atomic mass is 9.90. The third-order valence-electron chi connectivity index (χ3n) is 5.57. The fourth-order valence-corrected chi connectivity index (χ4v) is 4.01. The van der Waals surface area contributed by atoms with E-state index in [0.29, 0.717) is 19.0 Å². The summed E-state index contributed by atoms with van der Waals surface area (Å²) < 4.78 is 5.18. The van der Waals surface area contributed by atoms with Crippen LogP contribution in [-0.2, 0) is 14.3 Å². The van der Waals surface area contributed by atoms with Crippen LogP contribution in [0.2, 0.25) is 0 Å². The molecule has 2 aromatic rings. The zero-order chi connectivity index (χ0) is 21.8. The van der Waals surface area contributed by atoms with Gasteiger partial charge in [0.05, 0.1) is 6.61 Å². The van der Waals surface area contributed by atoms with Crippen LogP contribution in [0.15, 0.2) is 53.7 Å². The largest absolute Gasteiger partial charge is 0.465 e. The molecule has 31 heavy (non-hydrogen) atoms. The smallest absolute Gasteiger partial charge is 0.321 e. The maximum Gasteiger partial charge on any atom is 0.321 e. The quantitative estimate of drug-likeness (QED) is 0.600. The minimum Gasteiger partial charge on any atom is -0.465 e. The average Bonchev–Trinajstić information content (AvgIpc) is 2.79. The number of aryl methyl sites for hydroxylation is 1. The van der Waals surface area contributed by atoms with Gasteiger partial charge in [-0.3, -0.25) is 14.9 Å². The Hall–Kier alpha value is -3.42. The van der Waals surface area contributed by atoms with Crippen molar-refractivity contribution in [1.82, 2.24) is 15.2 Å². The number of hydrogen-bond donors (Lipinski definition) is 1.